The first-order valence-corrected chi connectivity index (χ1v) is 8.44. The number of nitrogens with zero attached hydrogens (tertiary/aromatic N) is 2. The van der Waals surface area contributed by atoms with Gasteiger partial charge in [0.05, 0.1) is 37.3 Å². The van der Waals surface area contributed by atoms with Gasteiger partial charge in [0, 0.05) is 11.6 Å². The maximum atomic E-state index is 12.6. The van der Waals surface area contributed by atoms with Crippen LogP contribution in [-0.4, -0.2) is 37.3 Å². The van der Waals surface area contributed by atoms with Gasteiger partial charge in [-0.15, -0.1) is 0 Å². The number of hydrazone groups is 1. The third-order valence-corrected chi connectivity index (χ3v) is 5.56. The lowest BCUT2D eigenvalue weighted by atomic mass is 9.85. The quantitative estimate of drug-likeness (QED) is 0.470. The highest BCUT2D eigenvalue weighted by Gasteiger charge is 2.59. The number of amides is 2. The van der Waals surface area contributed by atoms with Crippen LogP contribution in [0.3, 0.4) is 0 Å². The van der Waals surface area contributed by atoms with E-state index in [1.54, 1.807) is 12.1 Å². The largest absolute Gasteiger partial charge is 0.496 e. The summed E-state index contributed by atoms with van der Waals surface area (Å²) in [5, 5.41) is 5.53. The van der Waals surface area contributed by atoms with Crippen LogP contribution in [0.4, 0.5) is 0 Å². The van der Waals surface area contributed by atoms with Crippen molar-refractivity contribution in [3.05, 3.63) is 34.9 Å². The predicted molar refractivity (Wildman–Crippen MR) is 91.7 cm³/mol. The summed E-state index contributed by atoms with van der Waals surface area (Å²) in [6.07, 6.45) is 6.43. The predicted octanol–water partition coefficient (Wildman–Crippen LogP) is 2.50. The van der Waals surface area contributed by atoms with Crippen molar-refractivity contribution in [3.8, 4) is 11.5 Å². The minimum absolute atomic E-state index is 0.164. The fourth-order valence-corrected chi connectivity index (χ4v) is 4.35. The van der Waals surface area contributed by atoms with E-state index in [-0.39, 0.29) is 35.5 Å². The van der Waals surface area contributed by atoms with Crippen LogP contribution >= 0.6 is 11.6 Å². The van der Waals surface area contributed by atoms with Crippen LogP contribution in [0.2, 0.25) is 5.02 Å². The smallest absolute Gasteiger partial charge is 0.254 e. The zero-order chi connectivity index (χ0) is 17.7. The summed E-state index contributed by atoms with van der Waals surface area (Å²) in [5.41, 5.74) is 0.562. The number of carbonyl (C=O) groups excluding carboxylic acids is 2. The number of hydrogen-bond donors (Lipinski definition) is 0. The van der Waals surface area contributed by atoms with Crippen LogP contribution in [0.1, 0.15) is 12.0 Å². The molecule has 0 spiro atoms. The second-order valence-corrected chi connectivity index (χ2v) is 6.87. The van der Waals surface area contributed by atoms with Gasteiger partial charge in [0.25, 0.3) is 11.8 Å². The Labute approximate surface area is 150 Å². The Hall–Kier alpha value is -2.34. The highest BCUT2D eigenvalue weighted by Crippen LogP contribution is 2.52. The minimum atomic E-state index is -0.263. The Balaban J connectivity index is 1.62. The minimum Gasteiger partial charge on any atom is -0.496 e. The Morgan fingerprint density at radius 3 is 2.24 bits per heavy atom. The van der Waals surface area contributed by atoms with Crippen molar-refractivity contribution in [1.29, 1.82) is 0 Å². The molecule has 6 nitrogen and oxygen atoms in total. The van der Waals surface area contributed by atoms with Gasteiger partial charge < -0.3 is 9.47 Å². The number of halogens is 1. The van der Waals surface area contributed by atoms with E-state index < -0.39 is 0 Å². The van der Waals surface area contributed by atoms with Crippen LogP contribution in [0.25, 0.3) is 0 Å². The first kappa shape index (κ1) is 16.1. The van der Waals surface area contributed by atoms with E-state index in [9.17, 15) is 9.59 Å². The van der Waals surface area contributed by atoms with E-state index in [0.717, 1.165) is 11.4 Å². The number of imide groups is 1. The summed E-state index contributed by atoms with van der Waals surface area (Å²) >= 11 is 6.14. The lowest BCUT2D eigenvalue weighted by Crippen LogP contribution is -2.28. The second-order valence-electron chi connectivity index (χ2n) is 6.46. The van der Waals surface area contributed by atoms with Gasteiger partial charge in [0.15, 0.2) is 0 Å². The molecule has 7 heteroatoms. The van der Waals surface area contributed by atoms with Crippen molar-refractivity contribution < 1.29 is 19.1 Å². The number of fused-ring (bicyclic) bond motifs is 5. The molecule has 0 N–H and O–H groups in total. The number of rotatable bonds is 4. The normalized spacial score (nSPS) is 29.8. The third kappa shape index (κ3) is 2.35. The summed E-state index contributed by atoms with van der Waals surface area (Å²) < 4.78 is 10.5. The van der Waals surface area contributed by atoms with E-state index in [1.165, 1.54) is 20.4 Å². The molecular formula is C18H17ClN2O4. The van der Waals surface area contributed by atoms with Crippen LogP contribution in [0.5, 0.6) is 11.5 Å². The van der Waals surface area contributed by atoms with Crippen molar-refractivity contribution >= 4 is 29.6 Å². The average Bonchev–Trinajstić information content (AvgIpc) is 3.28. The summed E-state index contributed by atoms with van der Waals surface area (Å²) in [6, 6.07) is 3.26. The third-order valence-electron chi connectivity index (χ3n) is 5.26. The molecule has 2 fully saturated rings. The topological polar surface area (TPSA) is 68.2 Å². The van der Waals surface area contributed by atoms with Gasteiger partial charge in [-0.05, 0) is 24.3 Å². The first-order valence-electron chi connectivity index (χ1n) is 8.06. The molecule has 2 aliphatic carbocycles. The van der Waals surface area contributed by atoms with E-state index in [0.29, 0.717) is 22.1 Å². The van der Waals surface area contributed by atoms with E-state index in [1.807, 2.05) is 0 Å². The molecule has 0 radical (unpaired) electrons. The molecule has 130 valence electrons. The number of methoxy groups -OCH3 is 2. The zero-order valence-electron chi connectivity index (χ0n) is 13.8. The molecule has 2 amide bonds. The SMILES string of the molecule is COc1cc(OC)c(/C=N\N2C(=O)[C@H]3[C@H](C2=O)[C@H]2C=C[C@H]3C2)cc1Cl. The highest BCUT2D eigenvalue weighted by molar-refractivity contribution is 6.32. The summed E-state index contributed by atoms with van der Waals surface area (Å²) in [6.45, 7) is 0. The molecule has 4 atom stereocenters. The first-order chi connectivity index (χ1) is 12.0. The van der Waals surface area contributed by atoms with Crippen molar-refractivity contribution in [3.63, 3.8) is 0 Å². The number of benzene rings is 1. The lowest BCUT2D eigenvalue weighted by Gasteiger charge is -2.13. The fourth-order valence-electron chi connectivity index (χ4n) is 4.10. The molecule has 0 unspecified atom stereocenters. The van der Waals surface area contributed by atoms with Gasteiger partial charge in [0.2, 0.25) is 0 Å². The van der Waals surface area contributed by atoms with Gasteiger partial charge in [-0.3, -0.25) is 9.59 Å². The van der Waals surface area contributed by atoms with Crippen molar-refractivity contribution in [1.82, 2.24) is 5.01 Å². The van der Waals surface area contributed by atoms with Crippen LogP contribution in [0, 0.1) is 23.7 Å². The maximum absolute atomic E-state index is 12.6. The van der Waals surface area contributed by atoms with Crippen LogP contribution in [0.15, 0.2) is 29.4 Å². The lowest BCUT2D eigenvalue weighted by molar-refractivity contribution is -0.140. The van der Waals surface area contributed by atoms with Crippen molar-refractivity contribution in [2.24, 2.45) is 28.8 Å². The van der Waals surface area contributed by atoms with Gasteiger partial charge in [0.1, 0.15) is 11.5 Å². The van der Waals surface area contributed by atoms with E-state index in [2.05, 4.69) is 17.3 Å². The zero-order valence-corrected chi connectivity index (χ0v) is 14.6. The molecule has 1 saturated heterocycles. The van der Waals surface area contributed by atoms with Gasteiger partial charge in [-0.25, -0.2) is 0 Å². The molecule has 25 heavy (non-hydrogen) atoms. The highest BCUT2D eigenvalue weighted by atomic mass is 35.5. The monoisotopic (exact) mass is 360 g/mol. The maximum Gasteiger partial charge on any atom is 0.254 e. The molecule has 1 aliphatic heterocycles. The van der Waals surface area contributed by atoms with Crippen LogP contribution in [-0.2, 0) is 9.59 Å². The molecule has 0 aromatic heterocycles. The molecule has 1 heterocycles. The number of carbonyl (C=O) groups is 2. The Morgan fingerprint density at radius 1 is 1.08 bits per heavy atom. The molecule has 3 aliphatic rings. The second kappa shape index (κ2) is 5.88. The summed E-state index contributed by atoms with van der Waals surface area (Å²) in [5.74, 6) is 0.325. The summed E-state index contributed by atoms with van der Waals surface area (Å²) in [4.78, 5) is 25.2. The van der Waals surface area contributed by atoms with Gasteiger partial charge >= 0.3 is 0 Å². The Bertz CT molecular complexity index is 790. The van der Waals surface area contributed by atoms with Gasteiger partial charge in [-0.2, -0.15) is 10.1 Å². The van der Waals surface area contributed by atoms with E-state index >= 15 is 0 Å². The molecule has 2 bridgehead atoms. The molecule has 1 aromatic rings. The molecule has 4 rings (SSSR count). The number of ether oxygens (including phenoxy) is 2. The average molecular weight is 361 g/mol. The Kier molecular flexibility index (Phi) is 3.80. The van der Waals surface area contributed by atoms with Crippen molar-refractivity contribution in [2.75, 3.05) is 14.2 Å². The number of hydrogen-bond acceptors (Lipinski definition) is 5. The fraction of sp³-hybridized carbons (Fsp3) is 0.389. The molecule has 1 saturated carbocycles. The molecule has 1 aromatic carbocycles. The summed E-state index contributed by atoms with van der Waals surface area (Å²) in [7, 11) is 3.02. The Morgan fingerprint density at radius 2 is 1.68 bits per heavy atom. The van der Waals surface area contributed by atoms with Crippen LogP contribution < -0.4 is 9.47 Å². The van der Waals surface area contributed by atoms with E-state index in [4.69, 9.17) is 21.1 Å². The number of allylic oxidation sites excluding steroid dienone is 2. The molecular weight excluding hydrogens is 344 g/mol. The van der Waals surface area contributed by atoms with Gasteiger partial charge in [-0.1, -0.05) is 23.8 Å². The van der Waals surface area contributed by atoms with Crippen molar-refractivity contribution in [2.45, 2.75) is 6.42 Å². The standard InChI is InChI=1S/C18H17ClN2O4/c1-24-13-7-14(25-2)12(19)6-11(13)8-20-21-17(22)15-9-3-4-10(5-9)16(15)18(21)23/h3-4,6-10,15-16H,5H2,1-2H3/b20-8-/t9-,10-,15+,16+/m0/s1.